The smallest absolute Gasteiger partial charge is 0.416 e. The molecule has 0 saturated heterocycles. The third kappa shape index (κ3) is 7.45. The van der Waals surface area contributed by atoms with Gasteiger partial charge in [0.2, 0.25) is 0 Å². The van der Waals surface area contributed by atoms with E-state index in [1.807, 2.05) is 0 Å². The van der Waals surface area contributed by atoms with Crippen LogP contribution in [0, 0.1) is 0 Å². The molecule has 174 valence electrons. The van der Waals surface area contributed by atoms with Crippen molar-refractivity contribution in [1.82, 2.24) is 0 Å². The number of carbonyl (C=O) groups excluding carboxylic acids is 1. The number of anilines is 1. The van der Waals surface area contributed by atoms with Crippen LogP contribution in [-0.4, -0.2) is 36.5 Å². The second-order valence-electron chi connectivity index (χ2n) is 7.15. The topological polar surface area (TPSA) is 94.1 Å². The minimum atomic E-state index is -4.44. The van der Waals surface area contributed by atoms with Crippen LogP contribution in [0.4, 0.5) is 23.7 Å². The summed E-state index contributed by atoms with van der Waals surface area (Å²) >= 11 is 0. The van der Waals surface area contributed by atoms with E-state index in [4.69, 9.17) is 14.2 Å². The summed E-state index contributed by atoms with van der Waals surface area (Å²) in [6.45, 7) is 3.25. The molecule has 1 unspecified atom stereocenters. The highest BCUT2D eigenvalue weighted by atomic mass is 19.4. The average Bonchev–Trinajstić information content (AvgIpc) is 2.72. The molecule has 1 amide bonds. The standard InChI is InChI=1S/C22H24F3NO6/c1-13(2)32-19(20(27)28)11-15-6-9-17(18(10-15)30-3)26-21(29)31-12-14-4-7-16(8-5-14)22(23,24)25/h4-10,13,19H,11-12H2,1-3H3,(H,26,29)(H,27,28). The molecule has 10 heteroatoms. The van der Waals surface area contributed by atoms with Gasteiger partial charge >= 0.3 is 18.2 Å². The number of rotatable bonds is 9. The summed E-state index contributed by atoms with van der Waals surface area (Å²) in [5.41, 5.74) is 0.503. The van der Waals surface area contributed by atoms with Crippen molar-refractivity contribution in [2.45, 2.75) is 45.3 Å². The number of hydrogen-bond donors (Lipinski definition) is 2. The molecule has 0 fully saturated rings. The van der Waals surface area contributed by atoms with Crippen LogP contribution >= 0.6 is 0 Å². The van der Waals surface area contributed by atoms with Crippen LogP contribution < -0.4 is 10.1 Å². The van der Waals surface area contributed by atoms with Gasteiger partial charge in [-0.15, -0.1) is 0 Å². The van der Waals surface area contributed by atoms with Crippen molar-refractivity contribution in [3.8, 4) is 5.75 Å². The quantitative estimate of drug-likeness (QED) is 0.560. The van der Waals surface area contributed by atoms with Gasteiger partial charge < -0.3 is 19.3 Å². The Bertz CT molecular complexity index is 928. The van der Waals surface area contributed by atoms with E-state index in [1.165, 1.54) is 25.3 Å². The second kappa shape index (κ2) is 10.9. The molecule has 2 aromatic carbocycles. The number of amides is 1. The van der Waals surface area contributed by atoms with Crippen LogP contribution in [0.25, 0.3) is 0 Å². The molecule has 7 nitrogen and oxygen atoms in total. The molecule has 0 aliphatic heterocycles. The number of alkyl halides is 3. The van der Waals surface area contributed by atoms with Crippen molar-refractivity contribution >= 4 is 17.7 Å². The predicted molar refractivity (Wildman–Crippen MR) is 110 cm³/mol. The zero-order valence-electron chi connectivity index (χ0n) is 17.7. The number of benzene rings is 2. The number of carboxylic acid groups (broad SMARTS) is 1. The fraction of sp³-hybridized carbons (Fsp3) is 0.364. The van der Waals surface area contributed by atoms with E-state index in [2.05, 4.69) is 5.32 Å². The summed E-state index contributed by atoms with van der Waals surface area (Å²) in [7, 11) is 1.39. The summed E-state index contributed by atoms with van der Waals surface area (Å²) in [6.07, 6.45) is -6.47. The van der Waals surface area contributed by atoms with Gasteiger partial charge in [-0.25, -0.2) is 9.59 Å². The lowest BCUT2D eigenvalue weighted by Gasteiger charge is -2.17. The molecule has 0 saturated carbocycles. The minimum absolute atomic E-state index is 0.0997. The second-order valence-corrected chi connectivity index (χ2v) is 7.15. The predicted octanol–water partition coefficient (Wildman–Crippen LogP) is 4.88. The third-order valence-corrected chi connectivity index (χ3v) is 4.29. The monoisotopic (exact) mass is 455 g/mol. The Balaban J connectivity index is 1.99. The molecular weight excluding hydrogens is 431 g/mol. The third-order valence-electron chi connectivity index (χ3n) is 4.29. The normalized spacial score (nSPS) is 12.3. The van der Waals surface area contributed by atoms with E-state index >= 15 is 0 Å². The highest BCUT2D eigenvalue weighted by Crippen LogP contribution is 2.29. The first-order valence-electron chi connectivity index (χ1n) is 9.64. The Morgan fingerprint density at radius 2 is 1.69 bits per heavy atom. The van der Waals surface area contributed by atoms with Crippen LogP contribution in [0.3, 0.4) is 0 Å². The van der Waals surface area contributed by atoms with Gasteiger partial charge in [0.25, 0.3) is 0 Å². The average molecular weight is 455 g/mol. The zero-order valence-corrected chi connectivity index (χ0v) is 17.7. The number of carbonyl (C=O) groups is 2. The summed E-state index contributed by atoms with van der Waals surface area (Å²) in [4.78, 5) is 23.5. The van der Waals surface area contributed by atoms with Gasteiger partial charge in [0, 0.05) is 6.42 Å². The fourth-order valence-corrected chi connectivity index (χ4v) is 2.79. The maximum atomic E-state index is 12.6. The Morgan fingerprint density at radius 3 is 2.22 bits per heavy atom. The molecule has 1 atom stereocenters. The molecule has 0 heterocycles. The van der Waals surface area contributed by atoms with Gasteiger partial charge in [-0.2, -0.15) is 13.2 Å². The van der Waals surface area contributed by atoms with Gasteiger partial charge in [0.1, 0.15) is 12.4 Å². The summed E-state index contributed by atoms with van der Waals surface area (Å²) in [5, 5.41) is 11.8. The molecule has 0 aromatic heterocycles. The number of ether oxygens (including phenoxy) is 3. The lowest BCUT2D eigenvalue weighted by atomic mass is 10.1. The number of aliphatic carboxylic acids is 1. The van der Waals surface area contributed by atoms with Gasteiger partial charge in [-0.1, -0.05) is 18.2 Å². The maximum Gasteiger partial charge on any atom is 0.416 e. The number of methoxy groups -OCH3 is 1. The van der Waals surface area contributed by atoms with Crippen molar-refractivity contribution in [3.05, 3.63) is 59.2 Å². The molecule has 32 heavy (non-hydrogen) atoms. The molecule has 0 bridgehead atoms. The van der Waals surface area contributed by atoms with E-state index in [1.54, 1.807) is 26.0 Å². The van der Waals surface area contributed by atoms with Crippen molar-refractivity contribution in [3.63, 3.8) is 0 Å². The van der Waals surface area contributed by atoms with Crippen molar-refractivity contribution in [1.29, 1.82) is 0 Å². The number of carboxylic acids is 1. The maximum absolute atomic E-state index is 12.6. The van der Waals surface area contributed by atoms with Crippen LogP contribution in [0.2, 0.25) is 0 Å². The van der Waals surface area contributed by atoms with Crippen molar-refractivity contribution < 1.29 is 42.1 Å². The van der Waals surface area contributed by atoms with Crippen LogP contribution in [0.15, 0.2) is 42.5 Å². The fourth-order valence-electron chi connectivity index (χ4n) is 2.79. The SMILES string of the molecule is COc1cc(CC(OC(C)C)C(=O)O)ccc1NC(=O)OCc1ccc(C(F)(F)F)cc1. The first kappa shape index (κ1) is 25.0. The van der Waals surface area contributed by atoms with Gasteiger partial charge in [0.05, 0.1) is 24.5 Å². The minimum Gasteiger partial charge on any atom is -0.495 e. The van der Waals surface area contributed by atoms with Gasteiger partial charge in [-0.05, 0) is 49.2 Å². The number of hydrogen-bond acceptors (Lipinski definition) is 5. The van der Waals surface area contributed by atoms with E-state index < -0.39 is 29.9 Å². The van der Waals surface area contributed by atoms with E-state index in [0.29, 0.717) is 11.1 Å². The lowest BCUT2D eigenvalue weighted by molar-refractivity contribution is -0.153. The zero-order chi connectivity index (χ0) is 23.9. The summed E-state index contributed by atoms with van der Waals surface area (Å²) in [5.74, 6) is -0.811. The highest BCUT2D eigenvalue weighted by Gasteiger charge is 2.30. The molecule has 2 N–H and O–H groups in total. The largest absolute Gasteiger partial charge is 0.495 e. The Hall–Kier alpha value is -3.27. The first-order chi connectivity index (χ1) is 15.0. The number of nitrogens with one attached hydrogen (secondary N) is 1. The lowest BCUT2D eigenvalue weighted by Crippen LogP contribution is -2.29. The van der Waals surface area contributed by atoms with Gasteiger partial charge in [-0.3, -0.25) is 5.32 Å². The molecule has 0 aliphatic rings. The Labute approximate surface area is 183 Å². The number of halogens is 3. The van der Waals surface area contributed by atoms with Crippen molar-refractivity contribution in [2.24, 2.45) is 0 Å². The summed E-state index contributed by atoms with van der Waals surface area (Å²) in [6, 6.07) is 8.99. The summed E-state index contributed by atoms with van der Waals surface area (Å²) < 4.78 is 53.5. The molecule has 0 radical (unpaired) electrons. The van der Waals surface area contributed by atoms with Crippen LogP contribution in [0.5, 0.6) is 5.75 Å². The van der Waals surface area contributed by atoms with E-state index in [-0.39, 0.29) is 30.6 Å². The highest BCUT2D eigenvalue weighted by molar-refractivity contribution is 5.86. The first-order valence-corrected chi connectivity index (χ1v) is 9.64. The molecule has 0 aliphatic carbocycles. The Morgan fingerprint density at radius 1 is 1.06 bits per heavy atom. The van der Waals surface area contributed by atoms with Crippen LogP contribution in [-0.2, 0) is 33.5 Å². The van der Waals surface area contributed by atoms with E-state index in [9.17, 15) is 27.9 Å². The van der Waals surface area contributed by atoms with Gasteiger partial charge in [0.15, 0.2) is 6.10 Å². The Kier molecular flexibility index (Phi) is 8.48. The van der Waals surface area contributed by atoms with Crippen LogP contribution in [0.1, 0.15) is 30.5 Å². The van der Waals surface area contributed by atoms with Crippen molar-refractivity contribution in [2.75, 3.05) is 12.4 Å². The molecule has 2 rings (SSSR count). The molecule has 2 aromatic rings. The molecule has 0 spiro atoms. The van der Waals surface area contributed by atoms with E-state index in [0.717, 1.165) is 12.1 Å². The molecular formula is C22H24F3NO6.